The molecule has 0 saturated carbocycles. The number of benzene rings is 3. The van der Waals surface area contributed by atoms with Crippen LogP contribution in [0.5, 0.6) is 0 Å². The molecule has 0 aliphatic carbocycles. The highest BCUT2D eigenvalue weighted by Crippen LogP contribution is 2.26. The molecule has 1 amide bonds. The lowest BCUT2D eigenvalue weighted by Crippen LogP contribution is -2.20. The molecule has 0 bridgehead atoms. The minimum absolute atomic E-state index is 0.115. The lowest BCUT2D eigenvalue weighted by atomic mass is 10.0. The normalized spacial score (nSPS) is 11.1. The van der Waals surface area contributed by atoms with Gasteiger partial charge in [-0.1, -0.05) is 51.4 Å². The molecular weight excluding hydrogens is 450 g/mol. The molecule has 0 spiro atoms. The minimum Gasteiger partial charge on any atom is -0.422 e. The molecule has 5 rings (SSSR count). The third kappa shape index (κ3) is 3.27. The van der Waals surface area contributed by atoms with Crippen LogP contribution < -0.4 is 10.9 Å². The molecule has 0 aliphatic rings. The van der Waals surface area contributed by atoms with Gasteiger partial charge < -0.3 is 8.83 Å². The second-order valence-corrected chi connectivity index (χ2v) is 7.44. The molecule has 8 heteroatoms. The molecule has 7 nitrogen and oxygen atoms in total. The predicted molar refractivity (Wildman–Crippen MR) is 115 cm³/mol. The highest BCUT2D eigenvalue weighted by Gasteiger charge is 2.18. The van der Waals surface area contributed by atoms with Gasteiger partial charge in [-0.25, -0.2) is 4.79 Å². The van der Waals surface area contributed by atoms with E-state index in [0.717, 1.165) is 15.2 Å². The van der Waals surface area contributed by atoms with E-state index >= 15 is 0 Å². The molecule has 0 fully saturated rings. The number of halogens is 1. The Bertz CT molecular complexity index is 1470. The summed E-state index contributed by atoms with van der Waals surface area (Å²) in [7, 11) is 0. The first kappa shape index (κ1) is 18.3. The fourth-order valence-electron chi connectivity index (χ4n) is 3.18. The maximum Gasteiger partial charge on any atom is 0.349 e. The van der Waals surface area contributed by atoms with Gasteiger partial charge in [0.25, 0.3) is 5.91 Å². The number of aromatic nitrogens is 2. The summed E-state index contributed by atoms with van der Waals surface area (Å²) in [4.78, 5) is 25.1. The van der Waals surface area contributed by atoms with Gasteiger partial charge in [-0.2, -0.15) is 0 Å². The Morgan fingerprint density at radius 1 is 0.900 bits per heavy atom. The summed E-state index contributed by atoms with van der Waals surface area (Å²) in [6.07, 6.45) is 0. The largest absolute Gasteiger partial charge is 0.422 e. The van der Waals surface area contributed by atoms with E-state index in [2.05, 4.69) is 31.4 Å². The van der Waals surface area contributed by atoms with Gasteiger partial charge in [0, 0.05) is 15.4 Å². The highest BCUT2D eigenvalue weighted by molar-refractivity contribution is 9.10. The molecule has 3 aromatic carbocycles. The summed E-state index contributed by atoms with van der Waals surface area (Å²) in [6, 6.07) is 19.9. The lowest BCUT2D eigenvalue weighted by Gasteiger charge is -2.05. The molecule has 5 aromatic rings. The third-order valence-electron chi connectivity index (χ3n) is 4.62. The Morgan fingerprint density at radius 2 is 1.70 bits per heavy atom. The molecule has 0 unspecified atom stereocenters. The van der Waals surface area contributed by atoms with E-state index in [1.165, 1.54) is 6.07 Å². The van der Waals surface area contributed by atoms with Crippen molar-refractivity contribution in [1.82, 2.24) is 10.2 Å². The monoisotopic (exact) mass is 461 g/mol. The SMILES string of the molecule is O=C(Nc1nnc(-c2ccc(Br)cc2)o1)c1cc2c(ccc3ccccc32)oc1=O. The van der Waals surface area contributed by atoms with Gasteiger partial charge in [-0.3, -0.25) is 10.1 Å². The topological polar surface area (TPSA) is 98.2 Å². The van der Waals surface area contributed by atoms with Gasteiger partial charge in [0.2, 0.25) is 5.89 Å². The molecule has 2 heterocycles. The molecular formula is C22H12BrN3O4. The van der Waals surface area contributed by atoms with Crippen LogP contribution >= 0.6 is 15.9 Å². The molecule has 1 N–H and O–H groups in total. The van der Waals surface area contributed by atoms with Crippen LogP contribution in [0, 0.1) is 0 Å². The Balaban J connectivity index is 1.49. The number of fused-ring (bicyclic) bond motifs is 3. The van der Waals surface area contributed by atoms with E-state index in [4.69, 9.17) is 8.83 Å². The number of hydrogen-bond acceptors (Lipinski definition) is 6. The van der Waals surface area contributed by atoms with E-state index in [1.807, 2.05) is 42.5 Å². The summed E-state index contributed by atoms with van der Waals surface area (Å²) < 4.78 is 11.8. The van der Waals surface area contributed by atoms with E-state index in [1.54, 1.807) is 18.2 Å². The average Bonchev–Trinajstić information content (AvgIpc) is 3.22. The van der Waals surface area contributed by atoms with Gasteiger partial charge in [0.1, 0.15) is 11.1 Å². The van der Waals surface area contributed by atoms with Crippen molar-refractivity contribution < 1.29 is 13.6 Å². The molecule has 0 atom stereocenters. The zero-order chi connectivity index (χ0) is 20.7. The van der Waals surface area contributed by atoms with Crippen LogP contribution in [0.4, 0.5) is 6.01 Å². The number of carbonyl (C=O) groups is 1. The standard InChI is InChI=1S/C22H12BrN3O4/c23-14-8-5-13(6-9-14)20-25-26-22(30-20)24-19(27)17-11-16-15-4-2-1-3-12(15)7-10-18(16)29-21(17)28/h1-11H,(H,24,26,27). The van der Waals surface area contributed by atoms with E-state index in [9.17, 15) is 9.59 Å². The van der Waals surface area contributed by atoms with Gasteiger partial charge in [-0.15, -0.1) is 5.10 Å². The molecule has 146 valence electrons. The zero-order valence-corrected chi connectivity index (χ0v) is 16.8. The highest BCUT2D eigenvalue weighted by atomic mass is 79.9. The Morgan fingerprint density at radius 3 is 2.53 bits per heavy atom. The van der Waals surface area contributed by atoms with E-state index in [0.29, 0.717) is 16.5 Å². The molecule has 0 radical (unpaired) electrons. The predicted octanol–water partition coefficient (Wildman–Crippen LogP) is 5.01. The molecule has 2 aromatic heterocycles. The van der Waals surface area contributed by atoms with Crippen LogP contribution in [0.15, 0.2) is 84.8 Å². The number of rotatable bonds is 3. The number of nitrogens with zero attached hydrogens (tertiary/aromatic N) is 2. The van der Waals surface area contributed by atoms with Crippen molar-refractivity contribution in [2.45, 2.75) is 0 Å². The quantitative estimate of drug-likeness (QED) is 0.299. The fraction of sp³-hybridized carbons (Fsp3) is 0. The first-order chi connectivity index (χ1) is 14.6. The van der Waals surface area contributed by atoms with Crippen molar-refractivity contribution in [2.24, 2.45) is 0 Å². The van der Waals surface area contributed by atoms with Crippen LogP contribution in [0.1, 0.15) is 10.4 Å². The third-order valence-corrected chi connectivity index (χ3v) is 5.15. The van der Waals surface area contributed by atoms with Crippen LogP contribution in [-0.4, -0.2) is 16.1 Å². The number of anilines is 1. The summed E-state index contributed by atoms with van der Waals surface area (Å²) in [5.41, 5.74) is 0.207. The lowest BCUT2D eigenvalue weighted by molar-refractivity contribution is 0.102. The number of hydrogen-bond donors (Lipinski definition) is 1. The van der Waals surface area contributed by atoms with Gasteiger partial charge >= 0.3 is 11.6 Å². The maximum absolute atomic E-state index is 12.7. The first-order valence-corrected chi connectivity index (χ1v) is 9.74. The summed E-state index contributed by atoms with van der Waals surface area (Å²) >= 11 is 3.36. The molecule has 30 heavy (non-hydrogen) atoms. The van der Waals surface area contributed by atoms with Crippen molar-refractivity contribution in [3.63, 3.8) is 0 Å². The fourth-order valence-corrected chi connectivity index (χ4v) is 3.44. The van der Waals surface area contributed by atoms with Gasteiger partial charge in [-0.05, 0) is 47.2 Å². The molecule has 0 saturated heterocycles. The van der Waals surface area contributed by atoms with Crippen LogP contribution in [-0.2, 0) is 0 Å². The average molecular weight is 462 g/mol. The number of carbonyl (C=O) groups excluding carboxylic acids is 1. The van der Waals surface area contributed by atoms with Crippen LogP contribution in [0.3, 0.4) is 0 Å². The zero-order valence-electron chi connectivity index (χ0n) is 15.3. The maximum atomic E-state index is 12.7. The summed E-state index contributed by atoms with van der Waals surface area (Å²) in [6.45, 7) is 0. The van der Waals surface area contributed by atoms with Crippen molar-refractivity contribution in [3.8, 4) is 11.5 Å². The van der Waals surface area contributed by atoms with Crippen molar-refractivity contribution in [1.29, 1.82) is 0 Å². The van der Waals surface area contributed by atoms with E-state index < -0.39 is 11.5 Å². The second-order valence-electron chi connectivity index (χ2n) is 6.52. The number of amides is 1. The Labute approximate surface area is 177 Å². The first-order valence-electron chi connectivity index (χ1n) is 8.95. The van der Waals surface area contributed by atoms with Crippen molar-refractivity contribution in [3.05, 3.63) is 87.2 Å². The second kappa shape index (κ2) is 7.23. The van der Waals surface area contributed by atoms with Crippen molar-refractivity contribution in [2.75, 3.05) is 5.32 Å². The minimum atomic E-state index is -0.747. The smallest absolute Gasteiger partial charge is 0.349 e. The number of nitrogens with one attached hydrogen (secondary N) is 1. The Hall–Kier alpha value is -3.78. The summed E-state index contributed by atoms with van der Waals surface area (Å²) in [5.74, 6) is -0.445. The van der Waals surface area contributed by atoms with Gasteiger partial charge in [0.15, 0.2) is 0 Å². The van der Waals surface area contributed by atoms with Crippen LogP contribution in [0.25, 0.3) is 33.2 Å². The Kier molecular flexibility index (Phi) is 4.40. The summed E-state index contributed by atoms with van der Waals surface area (Å²) in [5, 5.41) is 12.7. The van der Waals surface area contributed by atoms with Gasteiger partial charge in [0.05, 0.1) is 0 Å². The van der Waals surface area contributed by atoms with E-state index in [-0.39, 0.29) is 17.5 Å². The van der Waals surface area contributed by atoms with Crippen LogP contribution in [0.2, 0.25) is 0 Å². The molecule has 0 aliphatic heterocycles. The van der Waals surface area contributed by atoms with Crippen molar-refractivity contribution >= 4 is 49.6 Å².